The highest BCUT2D eigenvalue weighted by molar-refractivity contribution is 5.95. The number of hydrogen-bond donors (Lipinski definition) is 1. The molecule has 2 aromatic carbocycles. The largest absolute Gasteiger partial charge is 0.416 e. The molecule has 0 aliphatic heterocycles. The number of carbonyl (C=O) groups is 1. The molecule has 1 aliphatic rings. The van der Waals surface area contributed by atoms with Crippen molar-refractivity contribution >= 4 is 11.6 Å². The van der Waals surface area contributed by atoms with Crippen molar-refractivity contribution in [3.8, 4) is 0 Å². The van der Waals surface area contributed by atoms with Gasteiger partial charge in [-0.1, -0.05) is 36.4 Å². The zero-order valence-corrected chi connectivity index (χ0v) is 11.6. The Balaban J connectivity index is 1.66. The molecule has 0 unspecified atom stereocenters. The maximum absolute atomic E-state index is 12.6. The summed E-state index contributed by atoms with van der Waals surface area (Å²) in [5.41, 5.74) is 0.505. The van der Waals surface area contributed by atoms with Crippen LogP contribution in [0.1, 0.15) is 23.5 Å². The van der Waals surface area contributed by atoms with E-state index in [1.54, 1.807) is 0 Å². The van der Waals surface area contributed by atoms with Gasteiger partial charge in [0.25, 0.3) is 0 Å². The lowest BCUT2D eigenvalue weighted by atomic mass is 10.1. The van der Waals surface area contributed by atoms with Crippen LogP contribution >= 0.6 is 0 Å². The van der Waals surface area contributed by atoms with E-state index >= 15 is 0 Å². The van der Waals surface area contributed by atoms with E-state index < -0.39 is 11.7 Å². The monoisotopic (exact) mass is 305 g/mol. The Bertz CT molecular complexity index is 682. The van der Waals surface area contributed by atoms with Crippen LogP contribution in [0.2, 0.25) is 0 Å². The smallest absolute Gasteiger partial charge is 0.326 e. The van der Waals surface area contributed by atoms with Gasteiger partial charge in [0.15, 0.2) is 0 Å². The van der Waals surface area contributed by atoms with E-state index in [2.05, 4.69) is 5.32 Å². The summed E-state index contributed by atoms with van der Waals surface area (Å²) >= 11 is 0. The summed E-state index contributed by atoms with van der Waals surface area (Å²) in [6.45, 7) is 0. The van der Waals surface area contributed by atoms with E-state index in [1.165, 1.54) is 12.1 Å². The molecule has 1 saturated carbocycles. The predicted molar refractivity (Wildman–Crippen MR) is 77.4 cm³/mol. The molecule has 114 valence electrons. The van der Waals surface area contributed by atoms with E-state index in [-0.39, 0.29) is 23.4 Å². The highest BCUT2D eigenvalue weighted by atomic mass is 19.4. The third-order valence-electron chi connectivity index (χ3n) is 3.81. The molecular formula is C17H14F3NO. The number of halogens is 3. The lowest BCUT2D eigenvalue weighted by molar-refractivity contribution is -0.137. The number of benzene rings is 2. The van der Waals surface area contributed by atoms with Crippen molar-refractivity contribution < 1.29 is 18.0 Å². The van der Waals surface area contributed by atoms with E-state index in [0.717, 1.165) is 24.1 Å². The Morgan fingerprint density at radius 3 is 2.45 bits per heavy atom. The first kappa shape index (κ1) is 14.6. The molecule has 0 bridgehead atoms. The van der Waals surface area contributed by atoms with Gasteiger partial charge in [-0.05, 0) is 36.1 Å². The van der Waals surface area contributed by atoms with Crippen LogP contribution in [0.4, 0.5) is 18.9 Å². The average molecular weight is 305 g/mol. The molecule has 0 spiro atoms. The molecule has 1 amide bonds. The lowest BCUT2D eigenvalue weighted by Crippen LogP contribution is -2.15. The summed E-state index contributed by atoms with van der Waals surface area (Å²) < 4.78 is 37.9. The number of alkyl halides is 3. The van der Waals surface area contributed by atoms with Gasteiger partial charge < -0.3 is 5.32 Å². The van der Waals surface area contributed by atoms with Gasteiger partial charge in [-0.2, -0.15) is 13.2 Å². The van der Waals surface area contributed by atoms with Crippen LogP contribution in [0.15, 0.2) is 54.6 Å². The van der Waals surface area contributed by atoms with Crippen LogP contribution in [-0.4, -0.2) is 5.91 Å². The van der Waals surface area contributed by atoms with Crippen LogP contribution in [0, 0.1) is 5.92 Å². The molecule has 2 atom stereocenters. The molecule has 2 nitrogen and oxygen atoms in total. The molecule has 1 fully saturated rings. The van der Waals surface area contributed by atoms with Crippen molar-refractivity contribution in [2.75, 3.05) is 5.32 Å². The number of anilines is 1. The van der Waals surface area contributed by atoms with Gasteiger partial charge in [0.1, 0.15) is 0 Å². The summed E-state index contributed by atoms with van der Waals surface area (Å²) in [5, 5.41) is 2.58. The summed E-state index contributed by atoms with van der Waals surface area (Å²) in [5.74, 6) is -0.239. The van der Waals surface area contributed by atoms with Crippen molar-refractivity contribution in [1.29, 1.82) is 0 Å². The molecule has 0 aromatic heterocycles. The number of amides is 1. The van der Waals surface area contributed by atoms with Gasteiger partial charge in [0.2, 0.25) is 5.91 Å². The highest BCUT2D eigenvalue weighted by Crippen LogP contribution is 2.47. The average Bonchev–Trinajstić information content (AvgIpc) is 3.28. The van der Waals surface area contributed by atoms with Crippen LogP contribution in [0.25, 0.3) is 0 Å². The first-order valence-electron chi connectivity index (χ1n) is 6.98. The van der Waals surface area contributed by atoms with Gasteiger partial charge in [-0.25, -0.2) is 0 Å². The summed E-state index contributed by atoms with van der Waals surface area (Å²) in [6, 6.07) is 14.4. The van der Waals surface area contributed by atoms with Crippen LogP contribution < -0.4 is 5.32 Å². The van der Waals surface area contributed by atoms with Gasteiger partial charge in [-0.3, -0.25) is 4.79 Å². The summed E-state index contributed by atoms with van der Waals surface area (Å²) in [6.07, 6.45) is -3.68. The predicted octanol–water partition coefficient (Wildman–Crippen LogP) is 4.45. The molecule has 1 aliphatic carbocycles. The Hall–Kier alpha value is -2.30. The molecule has 5 heteroatoms. The van der Waals surface area contributed by atoms with Gasteiger partial charge in [0.05, 0.1) is 5.56 Å². The van der Waals surface area contributed by atoms with Gasteiger partial charge in [-0.15, -0.1) is 0 Å². The normalized spacial score (nSPS) is 20.5. The fourth-order valence-corrected chi connectivity index (χ4v) is 2.56. The Morgan fingerprint density at radius 2 is 1.77 bits per heavy atom. The second-order valence-corrected chi connectivity index (χ2v) is 5.43. The first-order chi connectivity index (χ1) is 10.4. The van der Waals surface area contributed by atoms with Crippen LogP contribution in [0.3, 0.4) is 0 Å². The zero-order chi connectivity index (χ0) is 15.7. The Kier molecular flexibility index (Phi) is 3.64. The molecule has 1 N–H and O–H groups in total. The molecule has 22 heavy (non-hydrogen) atoms. The minimum absolute atomic E-state index is 0.159. The highest BCUT2D eigenvalue weighted by Gasteiger charge is 2.43. The lowest BCUT2D eigenvalue weighted by Gasteiger charge is -2.10. The molecule has 3 rings (SSSR count). The molecular weight excluding hydrogens is 291 g/mol. The topological polar surface area (TPSA) is 29.1 Å². The van der Waals surface area contributed by atoms with Crippen LogP contribution in [0.5, 0.6) is 0 Å². The van der Waals surface area contributed by atoms with Crippen molar-refractivity contribution in [2.45, 2.75) is 18.5 Å². The second-order valence-electron chi connectivity index (χ2n) is 5.43. The molecule has 0 radical (unpaired) electrons. The quantitative estimate of drug-likeness (QED) is 0.892. The number of rotatable bonds is 3. The number of carbonyl (C=O) groups excluding carboxylic acids is 1. The minimum atomic E-state index is -4.41. The molecule has 2 aromatic rings. The summed E-state index contributed by atoms with van der Waals surface area (Å²) in [7, 11) is 0. The number of hydrogen-bond acceptors (Lipinski definition) is 1. The van der Waals surface area contributed by atoms with Crippen molar-refractivity contribution in [3.63, 3.8) is 0 Å². The van der Waals surface area contributed by atoms with Crippen molar-refractivity contribution in [2.24, 2.45) is 5.92 Å². The van der Waals surface area contributed by atoms with Gasteiger partial charge in [0, 0.05) is 11.6 Å². The van der Waals surface area contributed by atoms with E-state index in [0.29, 0.717) is 0 Å². The van der Waals surface area contributed by atoms with E-state index in [4.69, 9.17) is 0 Å². The fraction of sp³-hybridized carbons (Fsp3) is 0.235. The SMILES string of the molecule is O=C(Nc1cccc(C(F)(F)F)c1)[C@H]1C[C@H]1c1ccccc1. The Labute approximate surface area is 126 Å². The zero-order valence-electron chi connectivity index (χ0n) is 11.6. The Morgan fingerprint density at radius 1 is 1.05 bits per heavy atom. The van der Waals surface area contributed by atoms with Crippen LogP contribution in [-0.2, 0) is 11.0 Å². The maximum Gasteiger partial charge on any atom is 0.416 e. The first-order valence-corrected chi connectivity index (χ1v) is 6.98. The van der Waals surface area contributed by atoms with E-state index in [9.17, 15) is 18.0 Å². The minimum Gasteiger partial charge on any atom is -0.326 e. The third kappa shape index (κ3) is 3.13. The maximum atomic E-state index is 12.6. The fourth-order valence-electron chi connectivity index (χ4n) is 2.56. The van der Waals surface area contributed by atoms with E-state index in [1.807, 2.05) is 30.3 Å². The summed E-state index contributed by atoms with van der Waals surface area (Å²) in [4.78, 5) is 12.1. The standard InChI is InChI=1S/C17H14F3NO/c18-17(19,20)12-7-4-8-13(9-12)21-16(22)15-10-14(15)11-5-2-1-3-6-11/h1-9,14-15H,10H2,(H,21,22)/t14-,15-/m0/s1. The van der Waals surface area contributed by atoms with Gasteiger partial charge >= 0.3 is 6.18 Å². The van der Waals surface area contributed by atoms with Crippen molar-refractivity contribution in [3.05, 3.63) is 65.7 Å². The second kappa shape index (κ2) is 5.48. The molecule has 0 heterocycles. The molecule has 0 saturated heterocycles. The van der Waals surface area contributed by atoms with Crippen molar-refractivity contribution in [1.82, 2.24) is 0 Å². The third-order valence-corrected chi connectivity index (χ3v) is 3.81. The number of nitrogens with one attached hydrogen (secondary N) is 1.